The van der Waals surface area contributed by atoms with Gasteiger partial charge in [-0.3, -0.25) is 9.69 Å². The lowest BCUT2D eigenvalue weighted by Crippen LogP contribution is -2.40. The molecular weight excluding hydrogens is 400 g/mol. The van der Waals surface area contributed by atoms with Crippen LogP contribution in [-0.2, 0) is 19.1 Å². The number of nitrogens with one attached hydrogen (secondary N) is 1. The fraction of sp³-hybridized carbons (Fsp3) is 0.556. The van der Waals surface area contributed by atoms with Crippen LogP contribution < -0.4 is 15.0 Å². The molecule has 0 aliphatic carbocycles. The van der Waals surface area contributed by atoms with Gasteiger partial charge in [-0.2, -0.15) is 0 Å². The summed E-state index contributed by atoms with van der Waals surface area (Å²) in [6.07, 6.45) is -0.667. The van der Waals surface area contributed by atoms with E-state index in [9.17, 15) is 24.5 Å². The fourth-order valence-electron chi connectivity index (χ4n) is 2.66. The van der Waals surface area contributed by atoms with E-state index in [-0.39, 0.29) is 37.0 Å². The summed E-state index contributed by atoms with van der Waals surface area (Å²) in [5, 5.41) is 14.0. The number of ether oxygens (including phenoxy) is 3. The maximum Gasteiger partial charge on any atom is 0.408 e. The van der Waals surface area contributed by atoms with Crippen LogP contribution in [0.25, 0.3) is 0 Å². The van der Waals surface area contributed by atoms with Crippen molar-refractivity contribution >= 4 is 29.6 Å². The van der Waals surface area contributed by atoms with Gasteiger partial charge in [-0.15, -0.1) is 0 Å². The highest BCUT2D eigenvalue weighted by atomic mass is 16.6. The van der Waals surface area contributed by atoms with Crippen molar-refractivity contribution in [2.24, 2.45) is 0 Å². The Bertz CT molecular complexity index is 836. The lowest BCUT2D eigenvalue weighted by atomic mass is 10.2. The highest BCUT2D eigenvalue weighted by molar-refractivity contribution is 5.96. The molecule has 1 saturated heterocycles. The molecule has 0 radical (unpaired) electrons. The predicted octanol–water partition coefficient (Wildman–Crippen LogP) is 1.56. The van der Waals surface area contributed by atoms with Gasteiger partial charge in [0.2, 0.25) is 11.7 Å². The summed E-state index contributed by atoms with van der Waals surface area (Å²) in [7, 11) is 0. The van der Waals surface area contributed by atoms with Crippen molar-refractivity contribution < 1.29 is 33.5 Å². The molecule has 0 saturated carbocycles. The molecule has 30 heavy (non-hydrogen) atoms. The van der Waals surface area contributed by atoms with Gasteiger partial charge in [-0.25, -0.2) is 9.59 Å². The number of rotatable bonds is 7. The molecule has 2 amide bonds. The van der Waals surface area contributed by atoms with Gasteiger partial charge < -0.3 is 29.6 Å². The van der Waals surface area contributed by atoms with Crippen LogP contribution in [0.15, 0.2) is 12.1 Å². The van der Waals surface area contributed by atoms with Gasteiger partial charge in [-0.05, 0) is 43.7 Å². The summed E-state index contributed by atoms with van der Waals surface area (Å²) < 4.78 is 15.0. The Morgan fingerprint density at radius 3 is 2.67 bits per heavy atom. The summed E-state index contributed by atoms with van der Waals surface area (Å²) in [6.45, 7) is 6.48. The maximum atomic E-state index is 12.3. The van der Waals surface area contributed by atoms with E-state index in [2.05, 4.69) is 10.3 Å². The standard InChI is InChI=1S/C18H24N4O8/c1-5-28-15(24)10-29-12-6-7-13(20-16(12)22(26)27)21-9-11(8-14(21)23)19-17(25)30-18(2,3)4/h6-7,11H,5,8-10H2,1-4H3,(H,19,25)/t11-/m0/s1. The Morgan fingerprint density at radius 1 is 1.37 bits per heavy atom. The number of nitro groups is 1. The number of esters is 1. The van der Waals surface area contributed by atoms with Crippen LogP contribution in [0.3, 0.4) is 0 Å². The van der Waals surface area contributed by atoms with Crippen LogP contribution in [-0.4, -0.2) is 59.3 Å². The number of hydrogen-bond acceptors (Lipinski definition) is 9. The Morgan fingerprint density at radius 2 is 2.07 bits per heavy atom. The molecule has 1 aliphatic heterocycles. The van der Waals surface area contributed by atoms with Crippen LogP contribution in [0, 0.1) is 10.1 Å². The fourth-order valence-corrected chi connectivity index (χ4v) is 2.66. The SMILES string of the molecule is CCOC(=O)COc1ccc(N2C[C@@H](NC(=O)OC(C)(C)C)CC2=O)nc1[N+](=O)[O-]. The summed E-state index contributed by atoms with van der Waals surface area (Å²) >= 11 is 0. The zero-order valence-electron chi connectivity index (χ0n) is 17.2. The molecule has 1 aromatic heterocycles. The summed E-state index contributed by atoms with van der Waals surface area (Å²) in [6, 6.07) is 2.08. The van der Waals surface area contributed by atoms with Crippen LogP contribution in [0.5, 0.6) is 5.75 Å². The molecule has 1 aromatic rings. The van der Waals surface area contributed by atoms with Crippen molar-refractivity contribution in [3.8, 4) is 5.75 Å². The van der Waals surface area contributed by atoms with Crippen LogP contribution in [0.2, 0.25) is 0 Å². The Hall–Kier alpha value is -3.44. The average molecular weight is 424 g/mol. The number of amides is 2. The third kappa shape index (κ3) is 6.29. The van der Waals surface area contributed by atoms with Gasteiger partial charge in [0, 0.05) is 12.5 Å². The van der Waals surface area contributed by atoms with Crippen molar-refractivity contribution in [3.63, 3.8) is 0 Å². The zero-order chi connectivity index (χ0) is 22.5. The van der Waals surface area contributed by atoms with E-state index in [1.807, 2.05) is 0 Å². The number of aromatic nitrogens is 1. The monoisotopic (exact) mass is 424 g/mol. The first-order valence-corrected chi connectivity index (χ1v) is 9.24. The maximum absolute atomic E-state index is 12.3. The molecule has 0 bridgehead atoms. The molecule has 2 rings (SSSR count). The molecule has 1 fully saturated rings. The second kappa shape index (κ2) is 9.37. The minimum Gasteiger partial charge on any atom is -0.474 e. The predicted molar refractivity (Wildman–Crippen MR) is 103 cm³/mol. The number of nitrogens with zero attached hydrogens (tertiary/aromatic N) is 3. The van der Waals surface area contributed by atoms with E-state index in [4.69, 9.17) is 14.2 Å². The van der Waals surface area contributed by atoms with Gasteiger partial charge in [0.25, 0.3) is 5.82 Å². The molecule has 12 heteroatoms. The third-order valence-electron chi connectivity index (χ3n) is 3.77. The normalized spacial score (nSPS) is 16.2. The molecule has 12 nitrogen and oxygen atoms in total. The molecule has 164 valence electrons. The molecule has 1 N–H and O–H groups in total. The first-order chi connectivity index (χ1) is 14.0. The molecule has 1 atom stereocenters. The second-order valence-corrected chi connectivity index (χ2v) is 7.39. The average Bonchev–Trinajstić information content (AvgIpc) is 2.98. The Kier molecular flexibility index (Phi) is 7.14. The number of pyridine rings is 1. The summed E-state index contributed by atoms with van der Waals surface area (Å²) in [4.78, 5) is 51.3. The van der Waals surface area contributed by atoms with E-state index < -0.39 is 41.1 Å². The van der Waals surface area contributed by atoms with E-state index in [1.165, 1.54) is 17.0 Å². The number of carbonyl (C=O) groups is 3. The molecule has 2 heterocycles. The van der Waals surface area contributed by atoms with E-state index in [1.54, 1.807) is 27.7 Å². The highest BCUT2D eigenvalue weighted by Crippen LogP contribution is 2.29. The Balaban J connectivity index is 2.10. The van der Waals surface area contributed by atoms with E-state index >= 15 is 0 Å². The topological polar surface area (TPSA) is 150 Å². The molecule has 0 unspecified atom stereocenters. The molecule has 0 aromatic carbocycles. The Labute approximate surface area is 172 Å². The number of carbonyl (C=O) groups excluding carboxylic acids is 3. The largest absolute Gasteiger partial charge is 0.474 e. The van der Waals surface area contributed by atoms with Crippen molar-refractivity contribution in [2.45, 2.75) is 45.8 Å². The first-order valence-electron chi connectivity index (χ1n) is 9.24. The summed E-state index contributed by atoms with van der Waals surface area (Å²) in [5.74, 6) is -1.89. The quantitative estimate of drug-likeness (QED) is 0.391. The summed E-state index contributed by atoms with van der Waals surface area (Å²) in [5.41, 5.74) is -0.687. The van der Waals surface area contributed by atoms with Crippen LogP contribution in [0.4, 0.5) is 16.4 Å². The zero-order valence-corrected chi connectivity index (χ0v) is 17.2. The third-order valence-corrected chi connectivity index (χ3v) is 3.77. The first kappa shape index (κ1) is 22.8. The van der Waals surface area contributed by atoms with Gasteiger partial charge >= 0.3 is 17.9 Å². The van der Waals surface area contributed by atoms with Crippen LogP contribution >= 0.6 is 0 Å². The number of anilines is 1. The van der Waals surface area contributed by atoms with Crippen molar-refractivity contribution in [3.05, 3.63) is 22.2 Å². The van der Waals surface area contributed by atoms with Gasteiger partial charge in [0.05, 0.1) is 19.2 Å². The minimum atomic E-state index is -0.777. The van der Waals surface area contributed by atoms with Crippen molar-refractivity contribution in [1.82, 2.24) is 10.3 Å². The number of hydrogen-bond donors (Lipinski definition) is 1. The van der Waals surface area contributed by atoms with Gasteiger partial charge in [0.1, 0.15) is 5.60 Å². The lowest BCUT2D eigenvalue weighted by molar-refractivity contribution is -0.390. The van der Waals surface area contributed by atoms with Gasteiger partial charge in [0.15, 0.2) is 6.61 Å². The van der Waals surface area contributed by atoms with E-state index in [0.717, 1.165) is 0 Å². The van der Waals surface area contributed by atoms with E-state index in [0.29, 0.717) is 0 Å². The van der Waals surface area contributed by atoms with Crippen molar-refractivity contribution in [2.75, 3.05) is 24.7 Å². The highest BCUT2D eigenvalue weighted by Gasteiger charge is 2.36. The molecule has 0 spiro atoms. The number of alkyl carbamates (subject to hydrolysis) is 1. The minimum absolute atomic E-state index is 0.00414. The van der Waals surface area contributed by atoms with Crippen molar-refractivity contribution in [1.29, 1.82) is 0 Å². The molecule has 1 aliphatic rings. The second-order valence-electron chi connectivity index (χ2n) is 7.39. The molecular formula is C18H24N4O8. The lowest BCUT2D eigenvalue weighted by Gasteiger charge is -2.21. The van der Waals surface area contributed by atoms with Gasteiger partial charge in [-0.1, -0.05) is 0 Å². The smallest absolute Gasteiger partial charge is 0.408 e. The van der Waals surface area contributed by atoms with Crippen LogP contribution in [0.1, 0.15) is 34.1 Å².